The number of hydrogen-bond donors (Lipinski definition) is 1. The van der Waals surface area contributed by atoms with E-state index in [0.717, 1.165) is 18.7 Å². The lowest BCUT2D eigenvalue weighted by atomic mass is 10.1. The van der Waals surface area contributed by atoms with Crippen LogP contribution in [0.2, 0.25) is 0 Å². The highest BCUT2D eigenvalue weighted by molar-refractivity contribution is 5.48. The second kappa shape index (κ2) is 7.17. The summed E-state index contributed by atoms with van der Waals surface area (Å²) < 4.78 is 5.14. The average Bonchev–Trinajstić information content (AvgIpc) is 2.36. The lowest BCUT2D eigenvalue weighted by molar-refractivity contribution is 0.415. The number of benzene rings is 1. The summed E-state index contributed by atoms with van der Waals surface area (Å²) >= 11 is 0. The first-order chi connectivity index (χ1) is 8.17. The quantitative estimate of drug-likeness (QED) is 0.791. The van der Waals surface area contributed by atoms with Crippen molar-refractivity contribution >= 4 is 5.69 Å². The van der Waals surface area contributed by atoms with E-state index in [1.807, 2.05) is 12.1 Å². The van der Waals surface area contributed by atoms with Crippen LogP contribution in [0.3, 0.4) is 0 Å². The standard InChI is InChI=1S/C14H24N2O/c1-4-5-6-12(15)11-16(2)13-7-9-14(17-3)10-8-13/h7-10,12H,4-6,11,15H2,1-3H3. The number of methoxy groups -OCH3 is 1. The zero-order chi connectivity index (χ0) is 12.7. The number of likely N-dealkylation sites (N-methyl/N-ethyl adjacent to an activating group) is 1. The molecular formula is C14H24N2O. The first-order valence-corrected chi connectivity index (χ1v) is 6.28. The van der Waals surface area contributed by atoms with E-state index in [2.05, 4.69) is 31.0 Å². The van der Waals surface area contributed by atoms with Crippen LogP contribution in [0.15, 0.2) is 24.3 Å². The van der Waals surface area contributed by atoms with Crippen LogP contribution < -0.4 is 15.4 Å². The van der Waals surface area contributed by atoms with Crippen LogP contribution >= 0.6 is 0 Å². The van der Waals surface area contributed by atoms with Crippen LogP contribution in [0, 0.1) is 0 Å². The van der Waals surface area contributed by atoms with Gasteiger partial charge in [0.2, 0.25) is 0 Å². The van der Waals surface area contributed by atoms with Crippen LogP contribution in [0.5, 0.6) is 5.75 Å². The smallest absolute Gasteiger partial charge is 0.119 e. The highest BCUT2D eigenvalue weighted by Gasteiger charge is 2.07. The van der Waals surface area contributed by atoms with Crippen molar-refractivity contribution < 1.29 is 4.74 Å². The van der Waals surface area contributed by atoms with Crippen LogP contribution in [0.1, 0.15) is 26.2 Å². The normalized spacial score (nSPS) is 12.2. The molecule has 1 rings (SSSR count). The fourth-order valence-corrected chi connectivity index (χ4v) is 1.85. The number of rotatable bonds is 7. The van der Waals surface area contributed by atoms with Gasteiger partial charge >= 0.3 is 0 Å². The molecule has 0 spiro atoms. The summed E-state index contributed by atoms with van der Waals surface area (Å²) in [5.74, 6) is 0.887. The Hall–Kier alpha value is -1.22. The Morgan fingerprint density at radius 3 is 2.47 bits per heavy atom. The Labute approximate surface area is 105 Å². The van der Waals surface area contributed by atoms with E-state index in [4.69, 9.17) is 10.5 Å². The van der Waals surface area contributed by atoms with Crippen molar-refractivity contribution in [2.75, 3.05) is 25.6 Å². The molecule has 0 amide bonds. The van der Waals surface area contributed by atoms with Crippen molar-refractivity contribution in [3.8, 4) is 5.75 Å². The van der Waals surface area contributed by atoms with Gasteiger partial charge in [-0.15, -0.1) is 0 Å². The third-order valence-corrected chi connectivity index (χ3v) is 2.95. The third-order valence-electron chi connectivity index (χ3n) is 2.95. The van der Waals surface area contributed by atoms with E-state index in [9.17, 15) is 0 Å². The maximum absolute atomic E-state index is 6.09. The van der Waals surface area contributed by atoms with Gasteiger partial charge in [0.05, 0.1) is 7.11 Å². The van der Waals surface area contributed by atoms with Gasteiger partial charge in [-0.3, -0.25) is 0 Å². The zero-order valence-electron chi connectivity index (χ0n) is 11.1. The van der Waals surface area contributed by atoms with E-state index in [1.54, 1.807) is 7.11 Å². The molecule has 3 nitrogen and oxygen atoms in total. The van der Waals surface area contributed by atoms with Crippen molar-refractivity contribution in [1.29, 1.82) is 0 Å². The summed E-state index contributed by atoms with van der Waals surface area (Å²) in [5, 5.41) is 0. The van der Waals surface area contributed by atoms with Gasteiger partial charge in [0, 0.05) is 25.3 Å². The number of nitrogens with two attached hydrogens (primary N) is 1. The fraction of sp³-hybridized carbons (Fsp3) is 0.571. The van der Waals surface area contributed by atoms with E-state index in [1.165, 1.54) is 18.5 Å². The summed E-state index contributed by atoms with van der Waals surface area (Å²) in [6, 6.07) is 8.32. The molecule has 0 radical (unpaired) electrons. The first-order valence-electron chi connectivity index (χ1n) is 6.28. The monoisotopic (exact) mass is 236 g/mol. The van der Waals surface area contributed by atoms with Crippen LogP contribution in [0.4, 0.5) is 5.69 Å². The van der Waals surface area contributed by atoms with E-state index < -0.39 is 0 Å². The molecule has 1 aromatic carbocycles. The number of anilines is 1. The number of unbranched alkanes of at least 4 members (excludes halogenated alkanes) is 1. The van der Waals surface area contributed by atoms with Gasteiger partial charge in [-0.1, -0.05) is 19.8 Å². The van der Waals surface area contributed by atoms with Crippen molar-refractivity contribution in [1.82, 2.24) is 0 Å². The van der Waals surface area contributed by atoms with Crippen molar-refractivity contribution in [2.24, 2.45) is 5.73 Å². The SMILES string of the molecule is CCCCC(N)CN(C)c1ccc(OC)cc1. The lowest BCUT2D eigenvalue weighted by Gasteiger charge is -2.23. The number of nitrogens with zero attached hydrogens (tertiary/aromatic N) is 1. The molecule has 0 aliphatic heterocycles. The minimum absolute atomic E-state index is 0.252. The van der Waals surface area contributed by atoms with Gasteiger partial charge in [0.15, 0.2) is 0 Å². The predicted molar refractivity (Wildman–Crippen MR) is 73.8 cm³/mol. The summed E-state index contributed by atoms with van der Waals surface area (Å²) in [6.45, 7) is 3.09. The molecule has 17 heavy (non-hydrogen) atoms. The molecule has 1 aromatic rings. The van der Waals surface area contributed by atoms with Gasteiger partial charge in [-0.2, -0.15) is 0 Å². The molecule has 0 aliphatic rings. The molecule has 2 N–H and O–H groups in total. The van der Waals surface area contributed by atoms with Crippen molar-refractivity contribution in [3.63, 3.8) is 0 Å². The Kier molecular flexibility index (Phi) is 5.84. The maximum atomic E-state index is 6.09. The van der Waals surface area contributed by atoms with Gasteiger partial charge in [0.1, 0.15) is 5.75 Å². The summed E-state index contributed by atoms with van der Waals surface area (Å²) in [7, 11) is 3.76. The molecule has 0 saturated heterocycles. The van der Waals surface area contributed by atoms with Gasteiger partial charge in [-0.25, -0.2) is 0 Å². The molecular weight excluding hydrogens is 212 g/mol. The minimum atomic E-state index is 0.252. The maximum Gasteiger partial charge on any atom is 0.119 e. The largest absolute Gasteiger partial charge is 0.497 e. The molecule has 0 bridgehead atoms. The van der Waals surface area contributed by atoms with Crippen molar-refractivity contribution in [2.45, 2.75) is 32.2 Å². The van der Waals surface area contributed by atoms with Crippen LogP contribution in [-0.4, -0.2) is 26.7 Å². The zero-order valence-corrected chi connectivity index (χ0v) is 11.1. The topological polar surface area (TPSA) is 38.5 Å². The predicted octanol–water partition coefficient (Wildman–Crippen LogP) is 2.65. The Balaban J connectivity index is 2.47. The fourth-order valence-electron chi connectivity index (χ4n) is 1.85. The second-order valence-corrected chi connectivity index (χ2v) is 4.48. The summed E-state index contributed by atoms with van der Waals surface area (Å²) in [4.78, 5) is 2.19. The Morgan fingerprint density at radius 2 is 1.94 bits per heavy atom. The number of hydrogen-bond acceptors (Lipinski definition) is 3. The van der Waals surface area contributed by atoms with Crippen LogP contribution in [0.25, 0.3) is 0 Å². The van der Waals surface area contributed by atoms with Crippen molar-refractivity contribution in [3.05, 3.63) is 24.3 Å². The second-order valence-electron chi connectivity index (χ2n) is 4.48. The Morgan fingerprint density at radius 1 is 1.29 bits per heavy atom. The molecule has 3 heteroatoms. The molecule has 0 fully saturated rings. The molecule has 0 aliphatic carbocycles. The minimum Gasteiger partial charge on any atom is -0.497 e. The highest BCUT2D eigenvalue weighted by Crippen LogP contribution is 2.18. The van der Waals surface area contributed by atoms with Gasteiger partial charge in [-0.05, 0) is 30.7 Å². The molecule has 1 unspecified atom stereocenters. The van der Waals surface area contributed by atoms with E-state index in [0.29, 0.717) is 0 Å². The molecule has 1 atom stereocenters. The van der Waals surface area contributed by atoms with E-state index >= 15 is 0 Å². The van der Waals surface area contributed by atoms with Gasteiger partial charge in [0.25, 0.3) is 0 Å². The average molecular weight is 236 g/mol. The molecule has 0 aromatic heterocycles. The molecule has 0 heterocycles. The summed E-state index contributed by atoms with van der Waals surface area (Å²) in [6.07, 6.45) is 3.51. The third kappa shape index (κ3) is 4.65. The Bertz CT molecular complexity index is 311. The highest BCUT2D eigenvalue weighted by atomic mass is 16.5. The first kappa shape index (κ1) is 13.8. The number of ether oxygens (including phenoxy) is 1. The molecule has 0 saturated carbocycles. The lowest BCUT2D eigenvalue weighted by Crippen LogP contribution is -2.35. The molecule has 96 valence electrons. The van der Waals surface area contributed by atoms with Crippen LogP contribution in [-0.2, 0) is 0 Å². The van der Waals surface area contributed by atoms with E-state index in [-0.39, 0.29) is 6.04 Å². The summed E-state index contributed by atoms with van der Waals surface area (Å²) in [5.41, 5.74) is 7.27. The van der Waals surface area contributed by atoms with Gasteiger partial charge < -0.3 is 15.4 Å².